The van der Waals surface area contributed by atoms with Crippen LogP contribution in [0.4, 0.5) is 0 Å². The molecule has 0 atom stereocenters. The predicted molar refractivity (Wildman–Crippen MR) is 303 cm³/mol. The Hall–Kier alpha value is -9.02. The molecule has 71 heavy (non-hydrogen) atoms. The van der Waals surface area contributed by atoms with Crippen molar-refractivity contribution in [1.82, 2.24) is 9.97 Å². The Morgan fingerprint density at radius 3 is 1.21 bits per heavy atom. The fourth-order valence-electron chi connectivity index (χ4n) is 10.8. The van der Waals surface area contributed by atoms with Crippen LogP contribution in [-0.4, -0.2) is 9.97 Å². The summed E-state index contributed by atoms with van der Waals surface area (Å²) in [7, 11) is 0. The van der Waals surface area contributed by atoms with Gasteiger partial charge in [0, 0.05) is 42.2 Å². The van der Waals surface area contributed by atoms with Gasteiger partial charge in [-0.3, -0.25) is 0 Å². The standard InChI is InChI=1S/C68H42N2S/c1-5-17-43(18-6-1)49-35-50(44-19-7-2-8-20-44)38-53(37-49)62-42-63(54-39-51(45-21-9-3-10-22-45)36-52(40-54)46-23-11-4-12-24-46)70-68(69-62)48-29-31-57-59-32-33-60-65-55-26-14-13-25-47(55)30-34-64(65)71-67(60)66(59)58-28-16-15-27-56(58)61(57)41-48/h1-42H. The quantitative estimate of drug-likeness (QED) is 0.149. The summed E-state index contributed by atoms with van der Waals surface area (Å²) in [5, 5.41) is 12.7. The van der Waals surface area contributed by atoms with Gasteiger partial charge in [0.15, 0.2) is 5.82 Å². The summed E-state index contributed by atoms with van der Waals surface area (Å²) in [5.41, 5.74) is 13.9. The fraction of sp³-hybridized carbons (Fsp3) is 0. The Morgan fingerprint density at radius 1 is 0.239 bits per heavy atom. The third-order valence-corrected chi connectivity index (χ3v) is 15.4. The number of hydrogen-bond acceptors (Lipinski definition) is 3. The van der Waals surface area contributed by atoms with Crippen LogP contribution >= 0.6 is 11.3 Å². The highest BCUT2D eigenvalue weighted by Gasteiger charge is 2.19. The van der Waals surface area contributed by atoms with Gasteiger partial charge in [0.05, 0.1) is 11.4 Å². The van der Waals surface area contributed by atoms with E-state index in [-0.39, 0.29) is 0 Å². The van der Waals surface area contributed by atoms with Gasteiger partial charge in [-0.1, -0.05) is 200 Å². The highest BCUT2D eigenvalue weighted by molar-refractivity contribution is 7.27. The molecule has 14 aromatic rings. The van der Waals surface area contributed by atoms with Crippen molar-refractivity contribution in [2.45, 2.75) is 0 Å². The van der Waals surface area contributed by atoms with Crippen LogP contribution in [-0.2, 0) is 0 Å². The first kappa shape index (κ1) is 41.0. The van der Waals surface area contributed by atoms with E-state index in [2.05, 4.69) is 255 Å². The van der Waals surface area contributed by atoms with Gasteiger partial charge in [0.2, 0.25) is 0 Å². The number of hydrogen-bond donors (Lipinski definition) is 0. The lowest BCUT2D eigenvalue weighted by atomic mass is 9.91. The first-order valence-corrected chi connectivity index (χ1v) is 25.0. The van der Waals surface area contributed by atoms with Crippen molar-refractivity contribution in [2.75, 3.05) is 0 Å². The SMILES string of the molecule is c1ccc(-c2cc(-c3ccccc3)cc(-c3cc(-c4cc(-c5ccccc5)cc(-c5ccccc5)c4)nc(-c4ccc5c(c4)c4ccccc4c4c5ccc5c4sc4ccc6ccccc6c45)n3)c2)cc1. The van der Waals surface area contributed by atoms with E-state index in [0.717, 1.165) is 72.6 Å². The molecule has 2 nitrogen and oxygen atoms in total. The molecule has 0 saturated carbocycles. The Labute approximate surface area is 415 Å². The van der Waals surface area contributed by atoms with Gasteiger partial charge in [0.1, 0.15) is 0 Å². The maximum absolute atomic E-state index is 5.56. The molecule has 0 aliphatic rings. The highest BCUT2D eigenvalue weighted by Crippen LogP contribution is 2.47. The lowest BCUT2D eigenvalue weighted by Crippen LogP contribution is -1.97. The Kier molecular flexibility index (Phi) is 9.75. The van der Waals surface area contributed by atoms with Gasteiger partial charge in [-0.05, 0) is 137 Å². The monoisotopic (exact) mass is 918 g/mol. The van der Waals surface area contributed by atoms with Gasteiger partial charge < -0.3 is 0 Å². The second-order valence-electron chi connectivity index (χ2n) is 18.5. The van der Waals surface area contributed by atoms with Crippen molar-refractivity contribution in [2.24, 2.45) is 0 Å². The predicted octanol–water partition coefficient (Wildman–Crippen LogP) is 19.1. The zero-order valence-electron chi connectivity index (χ0n) is 38.6. The summed E-state index contributed by atoms with van der Waals surface area (Å²) >= 11 is 1.91. The number of fused-ring (bicyclic) bond motifs is 12. The molecular formula is C68H42N2S. The lowest BCUT2D eigenvalue weighted by Gasteiger charge is -2.15. The number of aromatic nitrogens is 2. The van der Waals surface area contributed by atoms with Gasteiger partial charge in [-0.25, -0.2) is 9.97 Å². The zero-order chi connectivity index (χ0) is 46.8. The van der Waals surface area contributed by atoms with Crippen LogP contribution in [0, 0.1) is 0 Å². The van der Waals surface area contributed by atoms with Crippen LogP contribution in [0.25, 0.3) is 142 Å². The molecule has 3 heteroatoms. The van der Waals surface area contributed by atoms with E-state index in [4.69, 9.17) is 9.97 Å². The molecule has 2 heterocycles. The second kappa shape index (κ2) is 16.9. The van der Waals surface area contributed by atoms with Crippen LogP contribution in [0.2, 0.25) is 0 Å². The van der Waals surface area contributed by atoms with E-state index in [0.29, 0.717) is 5.82 Å². The van der Waals surface area contributed by atoms with E-state index in [1.165, 1.54) is 63.3 Å². The number of thiophene rings is 1. The van der Waals surface area contributed by atoms with E-state index in [9.17, 15) is 0 Å². The summed E-state index contributed by atoms with van der Waals surface area (Å²) in [4.78, 5) is 11.1. The maximum Gasteiger partial charge on any atom is 0.160 e. The minimum atomic E-state index is 0.674. The molecule has 0 radical (unpaired) electrons. The molecular weight excluding hydrogens is 877 g/mol. The molecule has 0 aliphatic heterocycles. The van der Waals surface area contributed by atoms with Crippen LogP contribution < -0.4 is 0 Å². The summed E-state index contributed by atoms with van der Waals surface area (Å²) < 4.78 is 2.64. The Bertz CT molecular complexity index is 4090. The molecule has 14 rings (SSSR count). The minimum absolute atomic E-state index is 0.674. The van der Waals surface area contributed by atoms with Crippen molar-refractivity contribution in [3.63, 3.8) is 0 Å². The molecule has 0 spiro atoms. The average Bonchev–Trinajstić information content (AvgIpc) is 3.85. The molecule has 0 unspecified atom stereocenters. The topological polar surface area (TPSA) is 25.8 Å². The van der Waals surface area contributed by atoms with E-state index in [1.54, 1.807) is 0 Å². The van der Waals surface area contributed by atoms with Crippen molar-refractivity contribution < 1.29 is 0 Å². The number of rotatable bonds is 7. The fourth-order valence-corrected chi connectivity index (χ4v) is 12.1. The first-order valence-electron chi connectivity index (χ1n) is 24.2. The molecule has 2 aromatic heterocycles. The Balaban J connectivity index is 1.02. The molecule has 0 saturated heterocycles. The van der Waals surface area contributed by atoms with Crippen molar-refractivity contribution in [1.29, 1.82) is 0 Å². The lowest BCUT2D eigenvalue weighted by molar-refractivity contribution is 1.18. The molecule has 0 bridgehead atoms. The molecule has 12 aromatic carbocycles. The van der Waals surface area contributed by atoms with E-state index < -0.39 is 0 Å². The summed E-state index contributed by atoms with van der Waals surface area (Å²) in [6.45, 7) is 0. The van der Waals surface area contributed by atoms with Gasteiger partial charge in [-0.2, -0.15) is 0 Å². The van der Waals surface area contributed by atoms with Gasteiger partial charge >= 0.3 is 0 Å². The Morgan fingerprint density at radius 2 is 0.662 bits per heavy atom. The van der Waals surface area contributed by atoms with Crippen LogP contribution in [0.3, 0.4) is 0 Å². The van der Waals surface area contributed by atoms with Crippen molar-refractivity contribution in [3.8, 4) is 78.4 Å². The molecule has 330 valence electrons. The smallest absolute Gasteiger partial charge is 0.160 e. The maximum atomic E-state index is 5.56. The third kappa shape index (κ3) is 7.17. The van der Waals surface area contributed by atoms with Crippen molar-refractivity contribution in [3.05, 3.63) is 255 Å². The molecule has 0 fully saturated rings. The summed E-state index contributed by atoms with van der Waals surface area (Å²) in [6, 6.07) is 92.3. The zero-order valence-corrected chi connectivity index (χ0v) is 39.4. The first-order chi connectivity index (χ1) is 35.2. The van der Waals surface area contributed by atoms with Crippen LogP contribution in [0.1, 0.15) is 0 Å². The van der Waals surface area contributed by atoms with E-state index >= 15 is 0 Å². The second-order valence-corrected chi connectivity index (χ2v) is 19.5. The van der Waals surface area contributed by atoms with Crippen LogP contribution in [0.5, 0.6) is 0 Å². The third-order valence-electron chi connectivity index (χ3n) is 14.2. The van der Waals surface area contributed by atoms with E-state index in [1.807, 2.05) is 11.3 Å². The summed E-state index contributed by atoms with van der Waals surface area (Å²) in [6.07, 6.45) is 0. The number of benzene rings is 12. The molecule has 0 N–H and O–H groups in total. The molecule has 0 amide bonds. The normalized spacial score (nSPS) is 11.7. The van der Waals surface area contributed by atoms with Crippen LogP contribution in [0.15, 0.2) is 255 Å². The molecule has 0 aliphatic carbocycles. The van der Waals surface area contributed by atoms with Gasteiger partial charge in [-0.15, -0.1) is 11.3 Å². The van der Waals surface area contributed by atoms with Gasteiger partial charge in [0.25, 0.3) is 0 Å². The number of nitrogens with zero attached hydrogens (tertiary/aromatic N) is 2. The van der Waals surface area contributed by atoms with Crippen molar-refractivity contribution >= 4 is 74.6 Å². The average molecular weight is 919 g/mol. The summed E-state index contributed by atoms with van der Waals surface area (Å²) in [5.74, 6) is 0.674. The highest BCUT2D eigenvalue weighted by atomic mass is 32.1. The minimum Gasteiger partial charge on any atom is -0.228 e. The largest absolute Gasteiger partial charge is 0.228 e.